The summed E-state index contributed by atoms with van der Waals surface area (Å²) >= 11 is 0. The van der Waals surface area contributed by atoms with Crippen molar-refractivity contribution >= 4 is 27.3 Å². The average Bonchev–Trinajstić information content (AvgIpc) is 2.83. The molecule has 0 radical (unpaired) electrons. The Bertz CT molecular complexity index is 642. The zero-order valence-electron chi connectivity index (χ0n) is 12.4. The Hall–Kier alpha value is -1.60. The van der Waals surface area contributed by atoms with Crippen molar-refractivity contribution in [1.82, 2.24) is 0 Å². The van der Waals surface area contributed by atoms with Crippen LogP contribution in [0.15, 0.2) is 18.2 Å². The van der Waals surface area contributed by atoms with Crippen LogP contribution in [0.5, 0.6) is 0 Å². The SMILES string of the molecule is COC[C@@H](C)C(=O)Nc1cccc2c1CCN2S(C)(=O)=O. The fraction of sp³-hybridized carbons (Fsp3) is 0.500. The van der Waals surface area contributed by atoms with E-state index in [9.17, 15) is 13.2 Å². The average molecular weight is 312 g/mol. The summed E-state index contributed by atoms with van der Waals surface area (Å²) in [6, 6.07) is 5.30. The van der Waals surface area contributed by atoms with Crippen LogP contribution in [0.2, 0.25) is 0 Å². The van der Waals surface area contributed by atoms with Crippen LogP contribution in [0.4, 0.5) is 11.4 Å². The summed E-state index contributed by atoms with van der Waals surface area (Å²) in [5.41, 5.74) is 2.18. The van der Waals surface area contributed by atoms with Crippen molar-refractivity contribution in [3.8, 4) is 0 Å². The molecule has 21 heavy (non-hydrogen) atoms. The minimum Gasteiger partial charge on any atom is -0.384 e. The molecule has 0 saturated heterocycles. The molecule has 0 saturated carbocycles. The van der Waals surface area contributed by atoms with Gasteiger partial charge < -0.3 is 10.1 Å². The number of methoxy groups -OCH3 is 1. The first kappa shape index (κ1) is 15.8. The first-order valence-electron chi connectivity index (χ1n) is 6.74. The van der Waals surface area contributed by atoms with Crippen molar-refractivity contribution in [2.24, 2.45) is 5.92 Å². The largest absolute Gasteiger partial charge is 0.384 e. The standard InChI is InChI=1S/C14H20N2O4S/c1-10(9-20-2)14(17)15-12-5-4-6-13-11(12)7-8-16(13)21(3,18)19/h4-6,10H,7-9H2,1-3H3,(H,15,17)/t10-/m1/s1. The number of rotatable bonds is 5. The van der Waals surface area contributed by atoms with Gasteiger partial charge >= 0.3 is 0 Å². The monoisotopic (exact) mass is 312 g/mol. The zero-order valence-corrected chi connectivity index (χ0v) is 13.2. The van der Waals surface area contributed by atoms with E-state index in [-0.39, 0.29) is 11.8 Å². The van der Waals surface area contributed by atoms with Gasteiger partial charge in [0.15, 0.2) is 0 Å². The molecule has 1 N–H and O–H groups in total. The second kappa shape index (κ2) is 6.03. The highest BCUT2D eigenvalue weighted by Gasteiger charge is 2.28. The number of sulfonamides is 1. The summed E-state index contributed by atoms with van der Waals surface area (Å²) in [6.07, 6.45) is 1.78. The van der Waals surface area contributed by atoms with Gasteiger partial charge in [0.05, 0.1) is 24.5 Å². The van der Waals surface area contributed by atoms with Crippen LogP contribution in [-0.4, -0.2) is 40.8 Å². The summed E-state index contributed by atoms with van der Waals surface area (Å²) < 4.78 is 29.8. The van der Waals surface area contributed by atoms with Crippen molar-refractivity contribution in [2.75, 3.05) is 36.1 Å². The summed E-state index contributed by atoms with van der Waals surface area (Å²) in [5.74, 6) is -0.402. The lowest BCUT2D eigenvalue weighted by atomic mass is 10.1. The molecular weight excluding hydrogens is 292 g/mol. The molecule has 1 aliphatic heterocycles. The highest BCUT2D eigenvalue weighted by atomic mass is 32.2. The van der Waals surface area contributed by atoms with Crippen molar-refractivity contribution in [1.29, 1.82) is 0 Å². The van der Waals surface area contributed by atoms with Gasteiger partial charge in [-0.1, -0.05) is 13.0 Å². The first-order chi connectivity index (χ1) is 9.84. The number of benzene rings is 1. The first-order valence-corrected chi connectivity index (χ1v) is 8.59. The second-order valence-electron chi connectivity index (χ2n) is 5.23. The van der Waals surface area contributed by atoms with Gasteiger partial charge in [0, 0.05) is 24.9 Å². The summed E-state index contributed by atoms with van der Waals surface area (Å²) in [5, 5.41) is 2.86. The van der Waals surface area contributed by atoms with Gasteiger partial charge in [-0.25, -0.2) is 8.42 Å². The van der Waals surface area contributed by atoms with Crippen LogP contribution < -0.4 is 9.62 Å². The normalized spacial score (nSPS) is 15.7. The number of nitrogens with one attached hydrogen (secondary N) is 1. The highest BCUT2D eigenvalue weighted by molar-refractivity contribution is 7.92. The van der Waals surface area contributed by atoms with E-state index < -0.39 is 10.0 Å². The van der Waals surface area contributed by atoms with E-state index >= 15 is 0 Å². The van der Waals surface area contributed by atoms with Crippen LogP contribution in [0, 0.1) is 5.92 Å². The predicted molar refractivity (Wildman–Crippen MR) is 82.0 cm³/mol. The third kappa shape index (κ3) is 3.36. The Labute approximate surface area is 125 Å². The zero-order chi connectivity index (χ0) is 15.6. The second-order valence-corrected chi connectivity index (χ2v) is 7.14. The number of anilines is 2. The van der Waals surface area contributed by atoms with Crippen LogP contribution in [0.1, 0.15) is 12.5 Å². The minimum absolute atomic E-state index is 0.136. The lowest BCUT2D eigenvalue weighted by Gasteiger charge is -2.17. The van der Waals surface area contributed by atoms with E-state index in [0.29, 0.717) is 30.9 Å². The number of hydrogen-bond donors (Lipinski definition) is 1. The topological polar surface area (TPSA) is 75.7 Å². The Kier molecular flexibility index (Phi) is 4.53. The number of amides is 1. The number of nitrogens with zero attached hydrogens (tertiary/aromatic N) is 1. The van der Waals surface area contributed by atoms with Gasteiger partial charge in [0.1, 0.15) is 0 Å². The van der Waals surface area contributed by atoms with Gasteiger partial charge in [-0.05, 0) is 18.6 Å². The van der Waals surface area contributed by atoms with Gasteiger partial charge in [0.2, 0.25) is 15.9 Å². The molecule has 1 atom stereocenters. The maximum Gasteiger partial charge on any atom is 0.232 e. The molecule has 1 amide bonds. The van der Waals surface area contributed by atoms with E-state index in [1.165, 1.54) is 10.6 Å². The van der Waals surface area contributed by atoms with Crippen molar-refractivity contribution < 1.29 is 17.9 Å². The molecular formula is C14H20N2O4S. The van der Waals surface area contributed by atoms with Crippen LogP contribution in [-0.2, 0) is 26.0 Å². The maximum atomic E-state index is 12.1. The number of fused-ring (bicyclic) bond motifs is 1. The minimum atomic E-state index is -3.29. The molecule has 0 aromatic heterocycles. The van der Waals surface area contributed by atoms with Crippen molar-refractivity contribution in [2.45, 2.75) is 13.3 Å². The van der Waals surface area contributed by atoms with Gasteiger partial charge in [-0.2, -0.15) is 0 Å². The van der Waals surface area contributed by atoms with Crippen LogP contribution in [0.3, 0.4) is 0 Å². The molecule has 0 spiro atoms. The number of hydrogen-bond acceptors (Lipinski definition) is 4. The Morgan fingerprint density at radius 2 is 2.19 bits per heavy atom. The molecule has 1 aromatic rings. The highest BCUT2D eigenvalue weighted by Crippen LogP contribution is 2.35. The molecule has 0 fully saturated rings. The number of ether oxygens (including phenoxy) is 1. The van der Waals surface area contributed by atoms with E-state index in [1.54, 1.807) is 32.2 Å². The lowest BCUT2D eigenvalue weighted by Crippen LogP contribution is -2.27. The lowest BCUT2D eigenvalue weighted by molar-refractivity contribution is -0.120. The third-order valence-electron chi connectivity index (χ3n) is 3.51. The molecule has 116 valence electrons. The van der Waals surface area contributed by atoms with E-state index in [4.69, 9.17) is 4.74 Å². The van der Waals surface area contributed by atoms with E-state index in [1.807, 2.05) is 0 Å². The Morgan fingerprint density at radius 3 is 2.81 bits per heavy atom. The molecule has 0 unspecified atom stereocenters. The Balaban J connectivity index is 2.25. The molecule has 7 heteroatoms. The molecule has 2 rings (SSSR count). The smallest absolute Gasteiger partial charge is 0.232 e. The number of carbonyl (C=O) groups is 1. The quantitative estimate of drug-likeness (QED) is 0.887. The fourth-order valence-corrected chi connectivity index (χ4v) is 3.40. The maximum absolute atomic E-state index is 12.1. The van der Waals surface area contributed by atoms with Crippen LogP contribution >= 0.6 is 0 Å². The van der Waals surface area contributed by atoms with Crippen molar-refractivity contribution in [3.63, 3.8) is 0 Å². The fourth-order valence-electron chi connectivity index (χ4n) is 2.45. The van der Waals surface area contributed by atoms with E-state index in [2.05, 4.69) is 5.32 Å². The van der Waals surface area contributed by atoms with Gasteiger partial charge in [-0.3, -0.25) is 9.10 Å². The van der Waals surface area contributed by atoms with Crippen molar-refractivity contribution in [3.05, 3.63) is 23.8 Å². The third-order valence-corrected chi connectivity index (χ3v) is 4.69. The molecule has 0 bridgehead atoms. The summed E-state index contributed by atoms with van der Waals surface area (Å²) in [7, 11) is -1.74. The Morgan fingerprint density at radius 1 is 1.48 bits per heavy atom. The van der Waals surface area contributed by atoms with Gasteiger partial charge in [-0.15, -0.1) is 0 Å². The molecule has 1 aliphatic rings. The summed E-state index contributed by atoms with van der Waals surface area (Å²) in [4.78, 5) is 12.1. The van der Waals surface area contributed by atoms with E-state index in [0.717, 1.165) is 5.56 Å². The number of carbonyl (C=O) groups excluding carboxylic acids is 1. The molecule has 1 heterocycles. The molecule has 0 aliphatic carbocycles. The van der Waals surface area contributed by atoms with Gasteiger partial charge in [0.25, 0.3) is 0 Å². The predicted octanol–water partition coefficient (Wildman–Crippen LogP) is 1.23. The molecule has 1 aromatic carbocycles. The summed E-state index contributed by atoms with van der Waals surface area (Å²) in [6.45, 7) is 2.54. The van der Waals surface area contributed by atoms with Crippen LogP contribution in [0.25, 0.3) is 0 Å². The molecule has 6 nitrogen and oxygen atoms in total.